The van der Waals surface area contributed by atoms with E-state index in [9.17, 15) is 4.79 Å². The van der Waals surface area contributed by atoms with Crippen molar-refractivity contribution in [3.05, 3.63) is 52.9 Å². The van der Waals surface area contributed by atoms with Gasteiger partial charge in [-0.15, -0.1) is 0 Å². The molecule has 4 nitrogen and oxygen atoms in total. The van der Waals surface area contributed by atoms with Crippen LogP contribution in [0.1, 0.15) is 27.4 Å². The third kappa shape index (κ3) is 2.01. The highest BCUT2D eigenvalue weighted by Gasteiger charge is 2.10. The Morgan fingerprint density at radius 3 is 2.89 bits per heavy atom. The van der Waals surface area contributed by atoms with E-state index in [0.717, 1.165) is 16.8 Å². The lowest BCUT2D eigenvalue weighted by Crippen LogP contribution is -1.91. The zero-order valence-corrected chi connectivity index (χ0v) is 10.6. The standard InChI is InChI=1S/C15H14N2O2/c1-9-3-2-4-10-5-12(17-14(9)10)6-11-7-13(8-18)19-15(11)16/h2-5,7-8,17H,6,16H2,1H3. The quantitative estimate of drug-likeness (QED) is 0.705. The van der Waals surface area contributed by atoms with Crippen molar-refractivity contribution in [1.29, 1.82) is 0 Å². The SMILES string of the molecule is Cc1cccc2cc(Cc3cc(C=O)oc3N)[nH]c12. The maximum atomic E-state index is 10.7. The molecular weight excluding hydrogens is 240 g/mol. The van der Waals surface area contributed by atoms with E-state index in [4.69, 9.17) is 10.2 Å². The summed E-state index contributed by atoms with van der Waals surface area (Å²) in [6.07, 6.45) is 1.28. The molecule has 1 aromatic carbocycles. The number of carbonyl (C=O) groups excluding carboxylic acids is 1. The van der Waals surface area contributed by atoms with Gasteiger partial charge in [0.1, 0.15) is 0 Å². The van der Waals surface area contributed by atoms with Crippen molar-refractivity contribution in [3.63, 3.8) is 0 Å². The number of nitrogens with two attached hydrogens (primary N) is 1. The van der Waals surface area contributed by atoms with Gasteiger partial charge in [0.15, 0.2) is 17.9 Å². The minimum atomic E-state index is 0.264. The van der Waals surface area contributed by atoms with Gasteiger partial charge in [-0.25, -0.2) is 0 Å². The number of hydrogen-bond donors (Lipinski definition) is 2. The molecule has 3 aromatic rings. The Morgan fingerprint density at radius 2 is 2.21 bits per heavy atom. The molecule has 0 aliphatic rings. The van der Waals surface area contributed by atoms with Crippen molar-refractivity contribution in [2.24, 2.45) is 0 Å². The van der Waals surface area contributed by atoms with Gasteiger partial charge in [-0.1, -0.05) is 18.2 Å². The number of aryl methyl sites for hydroxylation is 1. The van der Waals surface area contributed by atoms with Crippen LogP contribution in [0.3, 0.4) is 0 Å². The fourth-order valence-corrected chi connectivity index (χ4v) is 2.33. The van der Waals surface area contributed by atoms with Crippen LogP contribution in [-0.4, -0.2) is 11.3 Å². The van der Waals surface area contributed by atoms with Gasteiger partial charge >= 0.3 is 0 Å². The number of nitrogens with one attached hydrogen (secondary N) is 1. The first-order valence-electron chi connectivity index (χ1n) is 6.08. The fraction of sp³-hybridized carbons (Fsp3) is 0.133. The first-order valence-corrected chi connectivity index (χ1v) is 6.08. The number of hydrogen-bond acceptors (Lipinski definition) is 3. The van der Waals surface area contributed by atoms with Crippen LogP contribution in [0.4, 0.5) is 5.88 Å². The summed E-state index contributed by atoms with van der Waals surface area (Å²) in [6, 6.07) is 9.94. The Hall–Kier alpha value is -2.49. The highest BCUT2D eigenvalue weighted by atomic mass is 16.4. The van der Waals surface area contributed by atoms with Crippen LogP contribution in [-0.2, 0) is 6.42 Å². The number of H-pyrrole nitrogens is 1. The zero-order chi connectivity index (χ0) is 13.4. The summed E-state index contributed by atoms with van der Waals surface area (Å²) >= 11 is 0. The summed E-state index contributed by atoms with van der Waals surface area (Å²) in [7, 11) is 0. The zero-order valence-electron chi connectivity index (χ0n) is 10.6. The third-order valence-electron chi connectivity index (χ3n) is 3.28. The molecule has 0 saturated heterocycles. The molecule has 96 valence electrons. The van der Waals surface area contributed by atoms with Gasteiger partial charge in [-0.3, -0.25) is 4.79 Å². The van der Waals surface area contributed by atoms with Gasteiger partial charge in [0, 0.05) is 23.2 Å². The third-order valence-corrected chi connectivity index (χ3v) is 3.28. The molecule has 3 N–H and O–H groups in total. The Bertz CT molecular complexity index is 753. The number of fused-ring (bicyclic) bond motifs is 1. The molecular formula is C15H14N2O2. The van der Waals surface area contributed by atoms with Crippen LogP contribution < -0.4 is 5.73 Å². The Morgan fingerprint density at radius 1 is 1.37 bits per heavy atom. The molecule has 0 bridgehead atoms. The van der Waals surface area contributed by atoms with Crippen molar-refractivity contribution in [1.82, 2.24) is 4.98 Å². The summed E-state index contributed by atoms with van der Waals surface area (Å²) in [5, 5.41) is 1.17. The lowest BCUT2D eigenvalue weighted by molar-refractivity contribution is 0.110. The molecule has 0 aliphatic heterocycles. The molecule has 0 fully saturated rings. The summed E-state index contributed by atoms with van der Waals surface area (Å²) in [5.74, 6) is 0.567. The molecule has 0 spiro atoms. The number of aromatic amines is 1. The largest absolute Gasteiger partial charge is 0.438 e. The molecule has 0 aliphatic carbocycles. The van der Waals surface area contributed by atoms with Crippen molar-refractivity contribution >= 4 is 23.1 Å². The van der Waals surface area contributed by atoms with Gasteiger partial charge in [0.25, 0.3) is 0 Å². The van der Waals surface area contributed by atoms with Gasteiger partial charge in [-0.05, 0) is 30.0 Å². The summed E-state index contributed by atoms with van der Waals surface area (Å²) in [5.41, 5.74) is 9.97. The predicted molar refractivity (Wildman–Crippen MR) is 74.3 cm³/mol. The van der Waals surface area contributed by atoms with Crippen molar-refractivity contribution in [2.45, 2.75) is 13.3 Å². The number of anilines is 1. The van der Waals surface area contributed by atoms with Gasteiger partial charge in [0.05, 0.1) is 0 Å². The van der Waals surface area contributed by atoms with Crippen LogP contribution >= 0.6 is 0 Å². The molecule has 0 amide bonds. The van der Waals surface area contributed by atoms with E-state index >= 15 is 0 Å². The second-order valence-electron chi connectivity index (χ2n) is 4.67. The van der Waals surface area contributed by atoms with Gasteiger partial charge in [0.2, 0.25) is 0 Å². The molecule has 0 radical (unpaired) electrons. The number of benzene rings is 1. The van der Waals surface area contributed by atoms with Crippen LogP contribution in [0, 0.1) is 6.92 Å². The summed E-state index contributed by atoms with van der Waals surface area (Å²) in [6.45, 7) is 2.07. The van der Waals surface area contributed by atoms with Crippen LogP contribution in [0.2, 0.25) is 0 Å². The van der Waals surface area contributed by atoms with E-state index in [1.807, 2.05) is 6.07 Å². The molecule has 0 saturated carbocycles. The molecule has 0 unspecified atom stereocenters. The predicted octanol–water partition coefficient (Wildman–Crippen LogP) is 3.05. The Kier molecular flexibility index (Phi) is 2.63. The monoisotopic (exact) mass is 254 g/mol. The second-order valence-corrected chi connectivity index (χ2v) is 4.67. The minimum absolute atomic E-state index is 0.264. The van der Waals surface area contributed by atoms with Gasteiger partial charge < -0.3 is 15.1 Å². The number of para-hydroxylation sites is 1. The topological polar surface area (TPSA) is 72.0 Å². The Balaban J connectivity index is 1.98. The van der Waals surface area contributed by atoms with Crippen molar-refractivity contribution in [3.8, 4) is 0 Å². The molecule has 2 aromatic heterocycles. The molecule has 0 atom stereocenters. The van der Waals surface area contributed by atoms with Crippen LogP contribution in [0.5, 0.6) is 0 Å². The van der Waals surface area contributed by atoms with Crippen molar-refractivity contribution in [2.75, 3.05) is 5.73 Å². The first-order chi connectivity index (χ1) is 9.17. The number of aldehydes is 1. The smallest absolute Gasteiger partial charge is 0.194 e. The van der Waals surface area contributed by atoms with Crippen molar-refractivity contribution < 1.29 is 9.21 Å². The molecule has 19 heavy (non-hydrogen) atoms. The van der Waals surface area contributed by atoms with E-state index < -0.39 is 0 Å². The highest BCUT2D eigenvalue weighted by Crippen LogP contribution is 2.24. The minimum Gasteiger partial charge on any atom is -0.438 e. The summed E-state index contributed by atoms with van der Waals surface area (Å²) < 4.78 is 5.13. The highest BCUT2D eigenvalue weighted by molar-refractivity contribution is 5.83. The number of nitrogen functional groups attached to an aromatic ring is 1. The fourth-order valence-electron chi connectivity index (χ4n) is 2.33. The first kappa shape index (κ1) is 11.6. The maximum absolute atomic E-state index is 10.7. The van der Waals surface area contributed by atoms with E-state index in [0.29, 0.717) is 18.6 Å². The molecule has 3 rings (SSSR count). The molecule has 4 heteroatoms. The maximum Gasteiger partial charge on any atom is 0.194 e. The van der Waals surface area contributed by atoms with Crippen LogP contribution in [0.15, 0.2) is 34.7 Å². The number of aromatic nitrogens is 1. The van der Waals surface area contributed by atoms with E-state index in [1.165, 1.54) is 10.9 Å². The second kappa shape index (κ2) is 4.31. The van der Waals surface area contributed by atoms with E-state index in [1.54, 1.807) is 6.07 Å². The lowest BCUT2D eigenvalue weighted by Gasteiger charge is -1.96. The number of furan rings is 1. The van der Waals surface area contributed by atoms with Crippen LogP contribution in [0.25, 0.3) is 10.9 Å². The van der Waals surface area contributed by atoms with E-state index in [2.05, 4.69) is 30.1 Å². The van der Waals surface area contributed by atoms with Gasteiger partial charge in [-0.2, -0.15) is 0 Å². The number of carbonyl (C=O) groups is 1. The lowest BCUT2D eigenvalue weighted by atomic mass is 10.1. The normalized spacial score (nSPS) is 11.0. The average Bonchev–Trinajstić information content (AvgIpc) is 2.95. The summed E-state index contributed by atoms with van der Waals surface area (Å²) in [4.78, 5) is 14.0. The average molecular weight is 254 g/mol. The number of rotatable bonds is 3. The van der Waals surface area contributed by atoms with E-state index in [-0.39, 0.29) is 5.76 Å². The Labute approximate surface area is 110 Å². The molecule has 2 heterocycles.